The lowest BCUT2D eigenvalue weighted by Gasteiger charge is -2.34. The number of piperazine rings is 1. The first kappa shape index (κ1) is 17.1. The molecule has 26 heavy (non-hydrogen) atoms. The van der Waals surface area contributed by atoms with Gasteiger partial charge in [-0.25, -0.2) is 4.98 Å². The average Bonchev–Trinajstić information content (AvgIpc) is 2.63. The molecule has 134 valence electrons. The van der Waals surface area contributed by atoms with Crippen LogP contribution in [0.25, 0.3) is 16.6 Å². The molecule has 0 amide bonds. The predicted molar refractivity (Wildman–Crippen MR) is 107 cm³/mol. The SMILES string of the molecule is Cc1nc2cccc(N3CCN(C)CC3)c2c(=O)n1-c1ccccc1Cl. The number of anilines is 1. The van der Waals surface area contributed by atoms with E-state index in [0.717, 1.165) is 37.4 Å². The second kappa shape index (κ2) is 6.74. The number of fused-ring (bicyclic) bond motifs is 1. The van der Waals surface area contributed by atoms with E-state index >= 15 is 0 Å². The van der Waals surface area contributed by atoms with Gasteiger partial charge in [0.2, 0.25) is 0 Å². The minimum absolute atomic E-state index is 0.0740. The topological polar surface area (TPSA) is 41.4 Å². The molecule has 1 aromatic heterocycles. The van der Waals surface area contributed by atoms with Gasteiger partial charge >= 0.3 is 0 Å². The Kier molecular flexibility index (Phi) is 4.42. The van der Waals surface area contributed by atoms with Crippen molar-refractivity contribution in [3.8, 4) is 5.69 Å². The Hall–Kier alpha value is -2.37. The van der Waals surface area contributed by atoms with Crippen molar-refractivity contribution in [1.82, 2.24) is 14.5 Å². The van der Waals surface area contributed by atoms with Crippen molar-refractivity contribution < 1.29 is 0 Å². The Morgan fingerprint density at radius 1 is 0.962 bits per heavy atom. The second-order valence-corrected chi connectivity index (χ2v) is 7.12. The molecule has 3 aromatic rings. The summed E-state index contributed by atoms with van der Waals surface area (Å²) >= 11 is 6.35. The average molecular weight is 369 g/mol. The number of hydrogen-bond acceptors (Lipinski definition) is 4. The van der Waals surface area contributed by atoms with E-state index in [1.54, 1.807) is 10.6 Å². The van der Waals surface area contributed by atoms with Gasteiger partial charge in [-0.05, 0) is 38.2 Å². The lowest BCUT2D eigenvalue weighted by Crippen LogP contribution is -2.45. The molecule has 1 saturated heterocycles. The lowest BCUT2D eigenvalue weighted by atomic mass is 10.1. The molecule has 0 aliphatic carbocycles. The maximum atomic E-state index is 13.5. The molecule has 0 saturated carbocycles. The van der Waals surface area contributed by atoms with Gasteiger partial charge in [-0.15, -0.1) is 0 Å². The first-order chi connectivity index (χ1) is 12.6. The summed E-state index contributed by atoms with van der Waals surface area (Å²) in [5.41, 5.74) is 2.27. The number of likely N-dealkylation sites (N-methyl/N-ethyl adjacent to an activating group) is 1. The van der Waals surface area contributed by atoms with E-state index in [2.05, 4.69) is 16.8 Å². The van der Waals surface area contributed by atoms with Crippen molar-refractivity contribution in [3.63, 3.8) is 0 Å². The number of benzene rings is 2. The zero-order valence-corrected chi connectivity index (χ0v) is 15.7. The predicted octanol–water partition coefficient (Wildman–Crippen LogP) is 3.10. The summed E-state index contributed by atoms with van der Waals surface area (Å²) in [6.45, 7) is 5.60. The van der Waals surface area contributed by atoms with Crippen molar-refractivity contribution in [1.29, 1.82) is 0 Å². The summed E-state index contributed by atoms with van der Waals surface area (Å²) in [6.07, 6.45) is 0. The van der Waals surface area contributed by atoms with Crippen LogP contribution >= 0.6 is 11.6 Å². The van der Waals surface area contributed by atoms with Crippen molar-refractivity contribution in [2.75, 3.05) is 38.1 Å². The fourth-order valence-corrected chi connectivity index (χ4v) is 3.77. The standard InChI is InChI=1S/C20H21ClN4O/c1-14-22-16-7-5-9-18(24-12-10-23(2)11-13-24)19(16)20(26)25(14)17-8-4-3-6-15(17)21/h3-9H,10-13H2,1-2H3. The van der Waals surface area contributed by atoms with Gasteiger partial charge in [-0.1, -0.05) is 29.8 Å². The number of aryl methyl sites for hydroxylation is 1. The molecular formula is C20H21ClN4O. The van der Waals surface area contributed by atoms with E-state index in [0.29, 0.717) is 21.9 Å². The van der Waals surface area contributed by atoms with Gasteiger partial charge in [-0.2, -0.15) is 0 Å². The highest BCUT2D eigenvalue weighted by molar-refractivity contribution is 6.32. The summed E-state index contributed by atoms with van der Waals surface area (Å²) < 4.78 is 1.62. The molecule has 6 heteroatoms. The molecule has 0 spiro atoms. The zero-order valence-electron chi connectivity index (χ0n) is 14.9. The van der Waals surface area contributed by atoms with Crippen LogP contribution in [0.4, 0.5) is 5.69 Å². The molecule has 2 aromatic carbocycles. The van der Waals surface area contributed by atoms with Crippen LogP contribution in [0.5, 0.6) is 0 Å². The fraction of sp³-hybridized carbons (Fsp3) is 0.300. The number of rotatable bonds is 2. The van der Waals surface area contributed by atoms with Crippen LogP contribution in [0.2, 0.25) is 5.02 Å². The molecule has 2 heterocycles. The van der Waals surface area contributed by atoms with Gasteiger partial charge < -0.3 is 9.80 Å². The van der Waals surface area contributed by atoms with Gasteiger partial charge in [-0.3, -0.25) is 9.36 Å². The number of nitrogens with zero attached hydrogens (tertiary/aromatic N) is 4. The first-order valence-electron chi connectivity index (χ1n) is 8.77. The Morgan fingerprint density at radius 2 is 1.65 bits per heavy atom. The Bertz CT molecular complexity index is 1020. The Labute approximate surface area is 157 Å². The van der Waals surface area contributed by atoms with E-state index in [9.17, 15) is 4.79 Å². The third-order valence-electron chi connectivity index (χ3n) is 4.98. The Balaban J connectivity index is 1.95. The number of halogens is 1. The smallest absolute Gasteiger partial charge is 0.268 e. The van der Waals surface area contributed by atoms with Crippen LogP contribution in [0.3, 0.4) is 0 Å². The van der Waals surface area contributed by atoms with Crippen molar-refractivity contribution >= 4 is 28.2 Å². The van der Waals surface area contributed by atoms with Gasteiger partial charge in [0, 0.05) is 26.2 Å². The fourth-order valence-electron chi connectivity index (χ4n) is 3.55. The normalized spacial score (nSPS) is 15.6. The molecular weight excluding hydrogens is 348 g/mol. The highest BCUT2D eigenvalue weighted by Crippen LogP contribution is 2.26. The molecule has 0 bridgehead atoms. The van der Waals surface area contributed by atoms with Gasteiger partial charge in [0.1, 0.15) is 5.82 Å². The molecule has 0 unspecified atom stereocenters. The van der Waals surface area contributed by atoms with Crippen LogP contribution in [-0.2, 0) is 0 Å². The molecule has 4 rings (SSSR count). The highest BCUT2D eigenvalue weighted by atomic mass is 35.5. The molecule has 1 fully saturated rings. The van der Waals surface area contributed by atoms with E-state index in [4.69, 9.17) is 16.6 Å². The van der Waals surface area contributed by atoms with E-state index in [-0.39, 0.29) is 5.56 Å². The van der Waals surface area contributed by atoms with Gasteiger partial charge in [0.15, 0.2) is 0 Å². The third kappa shape index (κ3) is 2.87. The molecule has 1 aliphatic rings. The minimum atomic E-state index is -0.0740. The first-order valence-corrected chi connectivity index (χ1v) is 9.15. The van der Waals surface area contributed by atoms with Crippen LogP contribution < -0.4 is 10.5 Å². The monoisotopic (exact) mass is 368 g/mol. The van der Waals surface area contributed by atoms with Crippen molar-refractivity contribution in [2.45, 2.75) is 6.92 Å². The maximum absolute atomic E-state index is 13.5. The van der Waals surface area contributed by atoms with Crippen LogP contribution in [0.1, 0.15) is 5.82 Å². The number of para-hydroxylation sites is 1. The third-order valence-corrected chi connectivity index (χ3v) is 5.30. The van der Waals surface area contributed by atoms with Crippen LogP contribution in [0, 0.1) is 6.92 Å². The van der Waals surface area contributed by atoms with E-state index in [1.165, 1.54) is 0 Å². The quantitative estimate of drug-likeness (QED) is 0.697. The largest absolute Gasteiger partial charge is 0.368 e. The van der Waals surface area contributed by atoms with E-state index in [1.807, 2.05) is 43.3 Å². The van der Waals surface area contributed by atoms with Crippen molar-refractivity contribution in [2.24, 2.45) is 0 Å². The second-order valence-electron chi connectivity index (χ2n) is 6.71. The Morgan fingerprint density at radius 3 is 2.38 bits per heavy atom. The van der Waals surface area contributed by atoms with E-state index < -0.39 is 0 Å². The number of hydrogen-bond donors (Lipinski definition) is 0. The van der Waals surface area contributed by atoms with Gasteiger partial charge in [0.25, 0.3) is 5.56 Å². The highest BCUT2D eigenvalue weighted by Gasteiger charge is 2.20. The molecule has 0 atom stereocenters. The molecule has 0 N–H and O–H groups in total. The lowest BCUT2D eigenvalue weighted by molar-refractivity contribution is 0.313. The zero-order chi connectivity index (χ0) is 18.3. The summed E-state index contributed by atoms with van der Waals surface area (Å²) in [6, 6.07) is 13.3. The maximum Gasteiger partial charge on any atom is 0.268 e. The summed E-state index contributed by atoms with van der Waals surface area (Å²) in [7, 11) is 2.12. The summed E-state index contributed by atoms with van der Waals surface area (Å²) in [5, 5.41) is 1.19. The molecule has 5 nitrogen and oxygen atoms in total. The molecule has 0 radical (unpaired) electrons. The van der Waals surface area contributed by atoms with Gasteiger partial charge in [0.05, 0.1) is 27.3 Å². The van der Waals surface area contributed by atoms with Crippen LogP contribution in [0.15, 0.2) is 47.3 Å². The molecule has 1 aliphatic heterocycles. The van der Waals surface area contributed by atoms with Crippen LogP contribution in [-0.4, -0.2) is 47.7 Å². The minimum Gasteiger partial charge on any atom is -0.368 e. The summed E-state index contributed by atoms with van der Waals surface area (Å²) in [4.78, 5) is 22.7. The van der Waals surface area contributed by atoms with Crippen molar-refractivity contribution in [3.05, 3.63) is 63.7 Å². The summed E-state index contributed by atoms with van der Waals surface area (Å²) in [5.74, 6) is 0.631. The number of aromatic nitrogens is 2.